The third-order valence-electron chi connectivity index (χ3n) is 4.25. The molecule has 0 saturated heterocycles. The van der Waals surface area contributed by atoms with E-state index < -0.39 is 0 Å². The first-order chi connectivity index (χ1) is 13.9. The number of rotatable bonds is 5. The Morgan fingerprint density at radius 1 is 1.17 bits per heavy atom. The summed E-state index contributed by atoms with van der Waals surface area (Å²) in [6.45, 7) is 3.99. The fourth-order valence-corrected chi connectivity index (χ4v) is 5.14. The molecule has 4 rings (SSSR count). The van der Waals surface area contributed by atoms with E-state index in [1.807, 2.05) is 43.3 Å². The third-order valence-corrected chi connectivity index (χ3v) is 6.72. The molecule has 0 saturated carbocycles. The van der Waals surface area contributed by atoms with E-state index in [0.717, 1.165) is 35.7 Å². The molecule has 0 spiro atoms. The number of fused-ring (bicyclic) bond motifs is 1. The van der Waals surface area contributed by atoms with Crippen LogP contribution in [0.15, 0.2) is 40.9 Å². The van der Waals surface area contributed by atoms with Gasteiger partial charge in [-0.15, -0.1) is 22.7 Å². The second-order valence-corrected chi connectivity index (χ2v) is 9.76. The number of anilines is 1. The Hall–Kier alpha value is -2.49. The number of carbonyl (C=O) groups is 2. The van der Waals surface area contributed by atoms with E-state index in [4.69, 9.17) is 0 Å². The molecule has 6 nitrogen and oxygen atoms in total. The number of aryl methyl sites for hydroxylation is 1. The highest BCUT2D eigenvalue weighted by molar-refractivity contribution is 9.10. The maximum atomic E-state index is 12.7. The molecule has 3 aromatic heterocycles. The normalized spacial score (nSPS) is 11.0. The maximum Gasteiger partial charge on any atom is 0.273 e. The molecule has 9 heteroatoms. The maximum absolute atomic E-state index is 12.7. The van der Waals surface area contributed by atoms with Crippen LogP contribution < -0.4 is 10.6 Å². The molecule has 0 atom stereocenters. The van der Waals surface area contributed by atoms with Gasteiger partial charge in [0.1, 0.15) is 5.69 Å². The van der Waals surface area contributed by atoms with Crippen LogP contribution in [-0.4, -0.2) is 21.8 Å². The van der Waals surface area contributed by atoms with Gasteiger partial charge < -0.3 is 10.3 Å². The zero-order valence-electron chi connectivity index (χ0n) is 15.6. The van der Waals surface area contributed by atoms with Gasteiger partial charge in [0.2, 0.25) is 5.91 Å². The Morgan fingerprint density at radius 2 is 2.00 bits per heavy atom. The van der Waals surface area contributed by atoms with Gasteiger partial charge in [0.25, 0.3) is 5.91 Å². The number of H-pyrrole nitrogens is 1. The molecule has 4 aromatic rings. The number of thiazole rings is 1. The Kier molecular flexibility index (Phi) is 5.53. The fraction of sp³-hybridized carbons (Fsp3) is 0.150. The van der Waals surface area contributed by atoms with E-state index in [2.05, 4.69) is 36.5 Å². The van der Waals surface area contributed by atoms with E-state index in [1.54, 1.807) is 11.3 Å². The summed E-state index contributed by atoms with van der Waals surface area (Å²) in [6, 6.07) is 11.6. The SMILES string of the molecule is CC(=O)NCc1ccc(-c2nc(NC(=O)c3cc4cc(Br)ccc4[nH]3)sc2C)s1. The summed E-state index contributed by atoms with van der Waals surface area (Å²) in [6.07, 6.45) is 0. The molecule has 148 valence electrons. The lowest BCUT2D eigenvalue weighted by molar-refractivity contribution is -0.119. The minimum atomic E-state index is -0.227. The average Bonchev–Trinajstić information content (AvgIpc) is 3.37. The zero-order valence-corrected chi connectivity index (χ0v) is 18.8. The van der Waals surface area contributed by atoms with Crippen LogP contribution in [0.3, 0.4) is 0 Å². The van der Waals surface area contributed by atoms with Crippen molar-refractivity contribution in [3.8, 4) is 10.6 Å². The molecular formula is C20H17BrN4O2S2. The largest absolute Gasteiger partial charge is 0.351 e. The quantitative estimate of drug-likeness (QED) is 0.355. The van der Waals surface area contributed by atoms with Crippen molar-refractivity contribution in [3.05, 3.63) is 56.3 Å². The van der Waals surface area contributed by atoms with Crippen LogP contribution >= 0.6 is 38.6 Å². The molecule has 0 bridgehead atoms. The summed E-state index contributed by atoms with van der Waals surface area (Å²) in [4.78, 5) is 34.6. The number of carbonyl (C=O) groups excluding carboxylic acids is 2. The van der Waals surface area contributed by atoms with Crippen LogP contribution in [0.25, 0.3) is 21.5 Å². The first-order valence-corrected chi connectivity index (χ1v) is 11.2. The molecule has 1 aromatic carbocycles. The smallest absolute Gasteiger partial charge is 0.273 e. The van der Waals surface area contributed by atoms with E-state index in [1.165, 1.54) is 18.3 Å². The number of nitrogens with zero attached hydrogens (tertiary/aromatic N) is 1. The number of hydrogen-bond acceptors (Lipinski definition) is 5. The average molecular weight is 489 g/mol. The highest BCUT2D eigenvalue weighted by Crippen LogP contribution is 2.35. The summed E-state index contributed by atoms with van der Waals surface area (Å²) >= 11 is 6.46. The molecule has 0 radical (unpaired) electrons. The van der Waals surface area contributed by atoms with Crippen LogP contribution in [-0.2, 0) is 11.3 Å². The van der Waals surface area contributed by atoms with Crippen molar-refractivity contribution in [2.75, 3.05) is 5.32 Å². The lowest BCUT2D eigenvalue weighted by Crippen LogP contribution is -2.17. The number of nitrogens with one attached hydrogen (secondary N) is 3. The van der Waals surface area contributed by atoms with Gasteiger partial charge in [-0.25, -0.2) is 4.98 Å². The van der Waals surface area contributed by atoms with Gasteiger partial charge in [-0.2, -0.15) is 0 Å². The summed E-state index contributed by atoms with van der Waals surface area (Å²) in [7, 11) is 0. The predicted octanol–water partition coefficient (Wildman–Crippen LogP) is 5.31. The molecule has 0 unspecified atom stereocenters. The van der Waals surface area contributed by atoms with Crippen LogP contribution in [0.1, 0.15) is 27.2 Å². The lowest BCUT2D eigenvalue weighted by atomic mass is 10.2. The number of benzene rings is 1. The van der Waals surface area contributed by atoms with Gasteiger partial charge in [-0.1, -0.05) is 15.9 Å². The van der Waals surface area contributed by atoms with E-state index >= 15 is 0 Å². The summed E-state index contributed by atoms with van der Waals surface area (Å²) < 4.78 is 0.963. The summed E-state index contributed by atoms with van der Waals surface area (Å²) in [5, 5.41) is 7.20. The number of halogens is 1. The molecule has 29 heavy (non-hydrogen) atoms. The van der Waals surface area contributed by atoms with Crippen molar-refractivity contribution < 1.29 is 9.59 Å². The van der Waals surface area contributed by atoms with Gasteiger partial charge in [0, 0.05) is 32.1 Å². The van der Waals surface area contributed by atoms with Gasteiger partial charge in [-0.3, -0.25) is 14.9 Å². The Balaban J connectivity index is 1.51. The van der Waals surface area contributed by atoms with Crippen molar-refractivity contribution in [1.82, 2.24) is 15.3 Å². The lowest BCUT2D eigenvalue weighted by Gasteiger charge is -1.98. The molecular weight excluding hydrogens is 472 g/mol. The molecule has 2 amide bonds. The summed E-state index contributed by atoms with van der Waals surface area (Å²) in [5.74, 6) is -0.283. The molecule has 3 N–H and O–H groups in total. The minimum Gasteiger partial charge on any atom is -0.351 e. The monoisotopic (exact) mass is 488 g/mol. The van der Waals surface area contributed by atoms with Gasteiger partial charge in [-0.05, 0) is 43.3 Å². The van der Waals surface area contributed by atoms with Crippen LogP contribution in [0.5, 0.6) is 0 Å². The molecule has 0 fully saturated rings. The van der Waals surface area contributed by atoms with E-state index in [-0.39, 0.29) is 11.8 Å². The molecule has 0 aliphatic heterocycles. The first kappa shape index (κ1) is 19.8. The zero-order chi connectivity index (χ0) is 20.5. The second kappa shape index (κ2) is 8.10. The van der Waals surface area contributed by atoms with Crippen molar-refractivity contribution in [2.24, 2.45) is 0 Å². The van der Waals surface area contributed by atoms with E-state index in [0.29, 0.717) is 17.4 Å². The number of aromatic amines is 1. The fourth-order valence-electron chi connectivity index (χ4n) is 2.88. The Morgan fingerprint density at radius 3 is 2.79 bits per heavy atom. The highest BCUT2D eigenvalue weighted by Gasteiger charge is 2.16. The molecule has 0 aliphatic carbocycles. The van der Waals surface area contributed by atoms with Crippen LogP contribution in [0.4, 0.5) is 5.13 Å². The van der Waals surface area contributed by atoms with Crippen molar-refractivity contribution in [3.63, 3.8) is 0 Å². The van der Waals surface area contributed by atoms with Crippen LogP contribution in [0, 0.1) is 6.92 Å². The second-order valence-electron chi connectivity index (χ2n) is 6.47. The molecule has 0 aliphatic rings. The molecule has 3 heterocycles. The topological polar surface area (TPSA) is 86.9 Å². The number of hydrogen-bond donors (Lipinski definition) is 3. The number of aromatic nitrogens is 2. The number of thiophene rings is 1. The standard InChI is InChI=1S/C20H17BrN4O2S2/c1-10-18(17-6-4-14(29-17)9-22-11(2)26)24-20(28-10)25-19(27)16-8-12-7-13(21)3-5-15(12)23-16/h3-8,23H,9H2,1-2H3,(H,22,26)(H,24,25,27). The van der Waals surface area contributed by atoms with Gasteiger partial charge in [0.15, 0.2) is 5.13 Å². The third kappa shape index (κ3) is 4.42. The highest BCUT2D eigenvalue weighted by atomic mass is 79.9. The first-order valence-electron chi connectivity index (χ1n) is 8.79. The van der Waals surface area contributed by atoms with Crippen molar-refractivity contribution in [1.29, 1.82) is 0 Å². The van der Waals surface area contributed by atoms with Crippen molar-refractivity contribution >= 4 is 66.5 Å². The van der Waals surface area contributed by atoms with Gasteiger partial charge >= 0.3 is 0 Å². The van der Waals surface area contributed by atoms with Crippen LogP contribution in [0.2, 0.25) is 0 Å². The minimum absolute atomic E-state index is 0.0564. The Labute approximate surface area is 183 Å². The summed E-state index contributed by atoms with van der Waals surface area (Å²) in [5.41, 5.74) is 2.24. The number of amides is 2. The Bertz CT molecular complexity index is 1220. The predicted molar refractivity (Wildman–Crippen MR) is 122 cm³/mol. The van der Waals surface area contributed by atoms with Crippen molar-refractivity contribution in [2.45, 2.75) is 20.4 Å². The van der Waals surface area contributed by atoms with E-state index in [9.17, 15) is 9.59 Å². The van der Waals surface area contributed by atoms with Gasteiger partial charge in [0.05, 0.1) is 17.1 Å².